The molecule has 1 fully saturated rings. The van der Waals surface area contributed by atoms with Crippen molar-refractivity contribution in [3.8, 4) is 0 Å². The molecule has 1 saturated heterocycles. The smallest absolute Gasteiger partial charge is 0.330 e. The molecule has 0 saturated carbocycles. The van der Waals surface area contributed by atoms with Gasteiger partial charge in [0, 0.05) is 18.7 Å². The number of aliphatic hydroxyl groups excluding tert-OH is 1. The quantitative estimate of drug-likeness (QED) is 0.688. The minimum absolute atomic E-state index is 0.164. The number of hydrogen-bond acceptors (Lipinski definition) is 6. The van der Waals surface area contributed by atoms with Crippen LogP contribution < -0.4 is 11.2 Å². The van der Waals surface area contributed by atoms with Crippen molar-refractivity contribution in [2.45, 2.75) is 25.7 Å². The minimum Gasteiger partial charge on any atom is -0.469 e. The van der Waals surface area contributed by atoms with Gasteiger partial charge < -0.3 is 14.6 Å². The average molecular weight is 284 g/mol. The van der Waals surface area contributed by atoms with Gasteiger partial charge in [-0.25, -0.2) is 4.79 Å². The largest absolute Gasteiger partial charge is 0.469 e. The second-order valence-electron chi connectivity index (χ2n) is 4.89. The van der Waals surface area contributed by atoms with Crippen LogP contribution in [0.25, 0.3) is 0 Å². The normalized spacial score (nSPS) is 29.4. The van der Waals surface area contributed by atoms with Crippen molar-refractivity contribution in [2.75, 3.05) is 13.7 Å². The van der Waals surface area contributed by atoms with Crippen LogP contribution in [0.4, 0.5) is 0 Å². The summed E-state index contributed by atoms with van der Waals surface area (Å²) in [6, 6.07) is 1.19. The fourth-order valence-electron chi connectivity index (χ4n) is 2.39. The Bertz CT molecular complexity index is 621. The van der Waals surface area contributed by atoms with Gasteiger partial charge in [-0.15, -0.1) is 0 Å². The number of nitrogens with one attached hydrogen (secondary N) is 1. The van der Waals surface area contributed by atoms with Crippen molar-refractivity contribution < 1.29 is 19.4 Å². The third-order valence-corrected chi connectivity index (χ3v) is 3.61. The van der Waals surface area contributed by atoms with Gasteiger partial charge in [-0.2, -0.15) is 0 Å². The van der Waals surface area contributed by atoms with Gasteiger partial charge in [0.05, 0.1) is 25.2 Å². The highest BCUT2D eigenvalue weighted by molar-refractivity contribution is 5.77. The Hall–Kier alpha value is -1.93. The molecule has 8 nitrogen and oxygen atoms in total. The summed E-state index contributed by atoms with van der Waals surface area (Å²) in [6.07, 6.45) is -0.0699. The first kappa shape index (κ1) is 14.5. The number of rotatable bonds is 3. The molecule has 1 unspecified atom stereocenters. The van der Waals surface area contributed by atoms with Crippen LogP contribution in [0.3, 0.4) is 0 Å². The highest BCUT2D eigenvalue weighted by atomic mass is 16.5. The van der Waals surface area contributed by atoms with Gasteiger partial charge in [0.1, 0.15) is 6.23 Å². The molecule has 20 heavy (non-hydrogen) atoms. The van der Waals surface area contributed by atoms with Crippen LogP contribution >= 0.6 is 0 Å². The zero-order valence-electron chi connectivity index (χ0n) is 11.2. The number of ether oxygens (including phenoxy) is 2. The Balaban J connectivity index is 2.36. The second kappa shape index (κ2) is 5.22. The van der Waals surface area contributed by atoms with E-state index in [-0.39, 0.29) is 13.0 Å². The minimum atomic E-state index is -1.05. The van der Waals surface area contributed by atoms with Crippen LogP contribution in [0.2, 0.25) is 0 Å². The van der Waals surface area contributed by atoms with Crippen molar-refractivity contribution in [3.05, 3.63) is 33.1 Å². The van der Waals surface area contributed by atoms with Gasteiger partial charge in [-0.05, 0) is 6.92 Å². The maximum absolute atomic E-state index is 11.9. The molecule has 2 heterocycles. The highest BCUT2D eigenvalue weighted by Gasteiger charge is 2.51. The van der Waals surface area contributed by atoms with E-state index in [4.69, 9.17) is 9.47 Å². The van der Waals surface area contributed by atoms with Crippen LogP contribution in [-0.4, -0.2) is 40.4 Å². The summed E-state index contributed by atoms with van der Waals surface area (Å²) in [7, 11) is 1.25. The molecule has 0 amide bonds. The Kier molecular flexibility index (Phi) is 3.78. The van der Waals surface area contributed by atoms with E-state index in [1.165, 1.54) is 23.9 Å². The summed E-state index contributed by atoms with van der Waals surface area (Å²) < 4.78 is 11.5. The molecule has 1 aromatic rings. The molecule has 110 valence electrons. The van der Waals surface area contributed by atoms with Crippen LogP contribution in [-0.2, 0) is 14.3 Å². The lowest BCUT2D eigenvalue weighted by Gasteiger charge is -2.24. The highest BCUT2D eigenvalue weighted by Crippen LogP contribution is 2.43. The van der Waals surface area contributed by atoms with Crippen LogP contribution in [0.5, 0.6) is 0 Å². The maximum atomic E-state index is 11.9. The van der Waals surface area contributed by atoms with E-state index in [0.29, 0.717) is 0 Å². The average Bonchev–Trinajstić information content (AvgIpc) is 2.76. The van der Waals surface area contributed by atoms with Crippen LogP contribution in [0.15, 0.2) is 21.9 Å². The van der Waals surface area contributed by atoms with Gasteiger partial charge in [-0.1, -0.05) is 0 Å². The summed E-state index contributed by atoms with van der Waals surface area (Å²) >= 11 is 0. The predicted octanol–water partition coefficient (Wildman–Crippen LogP) is -1.00. The Morgan fingerprint density at radius 1 is 1.65 bits per heavy atom. The number of nitrogens with zero attached hydrogens (tertiary/aromatic N) is 1. The molecule has 0 bridgehead atoms. The monoisotopic (exact) mass is 284 g/mol. The van der Waals surface area contributed by atoms with E-state index >= 15 is 0 Å². The number of carbonyl (C=O) groups excluding carboxylic acids is 1. The molecule has 1 aromatic heterocycles. The molecule has 0 spiro atoms. The van der Waals surface area contributed by atoms with Crippen molar-refractivity contribution in [2.24, 2.45) is 5.41 Å². The molecule has 0 aromatic carbocycles. The second-order valence-corrected chi connectivity index (χ2v) is 4.89. The fraction of sp³-hybridized carbons (Fsp3) is 0.583. The number of aromatic amines is 1. The Morgan fingerprint density at radius 3 is 2.90 bits per heavy atom. The van der Waals surface area contributed by atoms with Gasteiger partial charge in [-0.3, -0.25) is 19.1 Å². The molecule has 0 radical (unpaired) electrons. The number of esters is 1. The van der Waals surface area contributed by atoms with Gasteiger partial charge in [0.2, 0.25) is 0 Å². The maximum Gasteiger partial charge on any atom is 0.330 e. The van der Waals surface area contributed by atoms with Crippen molar-refractivity contribution in [1.29, 1.82) is 0 Å². The molecular formula is C12H16N2O6. The number of methoxy groups -OCH3 is 1. The molecular weight excluding hydrogens is 268 g/mol. The predicted molar refractivity (Wildman–Crippen MR) is 67.1 cm³/mol. The molecule has 2 rings (SSSR count). The molecule has 1 aliphatic rings. The van der Waals surface area contributed by atoms with Crippen LogP contribution in [0.1, 0.15) is 19.6 Å². The molecule has 0 aliphatic carbocycles. The molecule has 3 atom stereocenters. The standard InChI is InChI=1S/C12H16N2O6/c1-12(10(17)19-2)5-9(20-7(12)6-15)14-4-3-8(16)13-11(14)18/h3-4,7,9,15H,5-6H2,1-2H3,(H,13,16,18)/t7-,9-,12?/m1/s1. The Morgan fingerprint density at radius 2 is 2.35 bits per heavy atom. The molecule has 8 heteroatoms. The Labute approximate surface area is 114 Å². The summed E-state index contributed by atoms with van der Waals surface area (Å²) in [5, 5.41) is 9.35. The van der Waals surface area contributed by atoms with Crippen molar-refractivity contribution in [1.82, 2.24) is 9.55 Å². The van der Waals surface area contributed by atoms with E-state index in [0.717, 1.165) is 0 Å². The third kappa shape index (κ3) is 2.27. The molecule has 2 N–H and O–H groups in total. The van der Waals surface area contributed by atoms with Crippen molar-refractivity contribution >= 4 is 5.97 Å². The summed E-state index contributed by atoms with van der Waals surface area (Å²) in [5.74, 6) is -0.517. The van der Waals surface area contributed by atoms with Crippen molar-refractivity contribution in [3.63, 3.8) is 0 Å². The zero-order chi connectivity index (χ0) is 14.9. The number of aliphatic hydroxyl groups is 1. The van der Waals surface area contributed by atoms with Gasteiger partial charge >= 0.3 is 11.7 Å². The lowest BCUT2D eigenvalue weighted by atomic mass is 9.83. The summed E-state index contributed by atoms with van der Waals surface area (Å²) in [6.45, 7) is 1.23. The first-order valence-electron chi connectivity index (χ1n) is 6.08. The lowest BCUT2D eigenvalue weighted by Crippen LogP contribution is -2.39. The fourth-order valence-corrected chi connectivity index (χ4v) is 2.39. The van der Waals surface area contributed by atoms with E-state index in [2.05, 4.69) is 4.98 Å². The number of carbonyl (C=O) groups is 1. The van der Waals surface area contributed by atoms with E-state index in [1.807, 2.05) is 0 Å². The zero-order valence-corrected chi connectivity index (χ0v) is 11.2. The summed E-state index contributed by atoms with van der Waals surface area (Å²) in [4.78, 5) is 36.7. The number of hydrogen-bond donors (Lipinski definition) is 2. The van der Waals surface area contributed by atoms with E-state index in [1.54, 1.807) is 6.92 Å². The first-order valence-corrected chi connectivity index (χ1v) is 6.08. The lowest BCUT2D eigenvalue weighted by molar-refractivity contribution is -0.156. The SMILES string of the molecule is COC(=O)C1(C)C[C@H](n2ccc(=O)[nH]c2=O)O[C@@H]1CO. The number of H-pyrrole nitrogens is 1. The number of aromatic nitrogens is 2. The van der Waals surface area contributed by atoms with E-state index in [9.17, 15) is 19.5 Å². The van der Waals surface area contributed by atoms with Gasteiger partial charge in [0.25, 0.3) is 5.56 Å². The van der Waals surface area contributed by atoms with Crippen LogP contribution in [0, 0.1) is 5.41 Å². The molecule has 1 aliphatic heterocycles. The topological polar surface area (TPSA) is 111 Å². The van der Waals surface area contributed by atoms with E-state index < -0.39 is 35.0 Å². The summed E-state index contributed by atoms with van der Waals surface area (Å²) in [5.41, 5.74) is -2.20. The first-order chi connectivity index (χ1) is 9.42. The van der Waals surface area contributed by atoms with Gasteiger partial charge in [0.15, 0.2) is 0 Å². The third-order valence-electron chi connectivity index (χ3n) is 3.61.